The highest BCUT2D eigenvalue weighted by molar-refractivity contribution is 5.94. The zero-order valence-electron chi connectivity index (χ0n) is 15.6. The first-order valence-electron chi connectivity index (χ1n) is 8.99. The van der Waals surface area contributed by atoms with Crippen molar-refractivity contribution in [1.29, 1.82) is 0 Å². The van der Waals surface area contributed by atoms with Crippen molar-refractivity contribution >= 4 is 5.91 Å². The normalized spacial score (nSPS) is 12.0. The van der Waals surface area contributed by atoms with Gasteiger partial charge in [0.2, 0.25) is 0 Å². The minimum Gasteiger partial charge on any atom is -0.345 e. The summed E-state index contributed by atoms with van der Waals surface area (Å²) >= 11 is 0. The maximum Gasteiger partial charge on any atom is 0.251 e. The van der Waals surface area contributed by atoms with Gasteiger partial charge in [-0.25, -0.2) is 4.98 Å². The van der Waals surface area contributed by atoms with Gasteiger partial charge in [0.1, 0.15) is 0 Å². The van der Waals surface area contributed by atoms with E-state index in [0.717, 1.165) is 24.1 Å². The van der Waals surface area contributed by atoms with E-state index in [1.165, 1.54) is 11.1 Å². The molecule has 0 saturated carbocycles. The van der Waals surface area contributed by atoms with Gasteiger partial charge in [0.25, 0.3) is 5.91 Å². The van der Waals surface area contributed by atoms with Gasteiger partial charge in [-0.3, -0.25) is 4.79 Å². The summed E-state index contributed by atoms with van der Waals surface area (Å²) in [5.41, 5.74) is 5.49. The molecule has 0 aliphatic carbocycles. The summed E-state index contributed by atoms with van der Waals surface area (Å²) in [4.78, 5) is 16.7. The summed E-state index contributed by atoms with van der Waals surface area (Å²) in [6, 6.07) is 14.2. The molecule has 0 radical (unpaired) electrons. The molecule has 0 fully saturated rings. The fourth-order valence-electron chi connectivity index (χ4n) is 3.00. The molecule has 4 heteroatoms. The van der Waals surface area contributed by atoms with Crippen molar-refractivity contribution < 1.29 is 4.79 Å². The summed E-state index contributed by atoms with van der Waals surface area (Å²) in [5, 5.41) is 3.16. The van der Waals surface area contributed by atoms with Gasteiger partial charge in [-0.1, -0.05) is 37.3 Å². The van der Waals surface area contributed by atoms with Gasteiger partial charge in [0.05, 0.1) is 12.4 Å². The third kappa shape index (κ3) is 4.20. The summed E-state index contributed by atoms with van der Waals surface area (Å²) in [5.74, 6) is -0.0377. The number of carbonyl (C=O) groups excluding carboxylic acids is 1. The lowest BCUT2D eigenvalue weighted by atomic mass is 9.99. The van der Waals surface area contributed by atoms with Gasteiger partial charge >= 0.3 is 0 Å². The average molecular weight is 347 g/mol. The first-order valence-corrected chi connectivity index (χ1v) is 8.99. The van der Waals surface area contributed by atoms with Crippen LogP contribution in [0.2, 0.25) is 0 Å². The second-order valence-corrected chi connectivity index (χ2v) is 6.71. The van der Waals surface area contributed by atoms with Crippen molar-refractivity contribution in [2.45, 2.75) is 39.8 Å². The van der Waals surface area contributed by atoms with E-state index in [1.807, 2.05) is 35.0 Å². The molecule has 1 amide bonds. The van der Waals surface area contributed by atoms with E-state index in [9.17, 15) is 4.79 Å². The Kier molecular flexibility index (Phi) is 5.52. The van der Waals surface area contributed by atoms with E-state index in [1.54, 1.807) is 12.5 Å². The molecule has 26 heavy (non-hydrogen) atoms. The van der Waals surface area contributed by atoms with Crippen LogP contribution in [0.3, 0.4) is 0 Å². The number of amides is 1. The fraction of sp³-hybridized carbons (Fsp3) is 0.273. The molecule has 0 bridgehead atoms. The van der Waals surface area contributed by atoms with Crippen LogP contribution in [0.5, 0.6) is 0 Å². The SMILES string of the molecule is CC[C@@H](NC(=O)c1ccc(Cn2ccnc2)cc1)c1ccc(C)c(C)c1. The Hall–Kier alpha value is -2.88. The summed E-state index contributed by atoms with van der Waals surface area (Å²) in [7, 11) is 0. The first kappa shape index (κ1) is 17.9. The van der Waals surface area contributed by atoms with Crippen molar-refractivity contribution in [3.05, 3.63) is 89.0 Å². The number of hydrogen-bond donors (Lipinski definition) is 1. The predicted molar refractivity (Wildman–Crippen MR) is 104 cm³/mol. The number of hydrogen-bond acceptors (Lipinski definition) is 2. The number of carbonyl (C=O) groups is 1. The molecule has 0 spiro atoms. The van der Waals surface area contributed by atoms with E-state index in [0.29, 0.717) is 5.56 Å². The van der Waals surface area contributed by atoms with Crippen LogP contribution in [0.15, 0.2) is 61.2 Å². The Morgan fingerprint density at radius 1 is 1.12 bits per heavy atom. The van der Waals surface area contributed by atoms with Gasteiger partial charge < -0.3 is 9.88 Å². The smallest absolute Gasteiger partial charge is 0.251 e. The third-order valence-corrected chi connectivity index (χ3v) is 4.79. The molecule has 1 N–H and O–H groups in total. The van der Waals surface area contributed by atoms with Crippen molar-refractivity contribution in [2.75, 3.05) is 0 Å². The van der Waals surface area contributed by atoms with Gasteiger partial charge in [0, 0.05) is 24.5 Å². The van der Waals surface area contributed by atoms with Crippen molar-refractivity contribution in [3.8, 4) is 0 Å². The van der Waals surface area contributed by atoms with Crippen LogP contribution in [-0.4, -0.2) is 15.5 Å². The Balaban J connectivity index is 1.68. The maximum absolute atomic E-state index is 12.6. The first-order chi connectivity index (χ1) is 12.6. The van der Waals surface area contributed by atoms with Crippen molar-refractivity contribution in [2.24, 2.45) is 0 Å². The molecule has 0 aliphatic rings. The molecule has 0 saturated heterocycles. The molecule has 2 aromatic carbocycles. The number of imidazole rings is 1. The number of aromatic nitrogens is 2. The average Bonchev–Trinajstić information content (AvgIpc) is 3.15. The Labute approximate surface area is 154 Å². The molecular weight excluding hydrogens is 322 g/mol. The van der Waals surface area contributed by atoms with E-state index in [4.69, 9.17) is 0 Å². The zero-order valence-corrected chi connectivity index (χ0v) is 15.6. The molecule has 1 aromatic heterocycles. The highest BCUT2D eigenvalue weighted by Gasteiger charge is 2.14. The van der Waals surface area contributed by atoms with E-state index in [-0.39, 0.29) is 11.9 Å². The van der Waals surface area contributed by atoms with Crippen molar-refractivity contribution in [3.63, 3.8) is 0 Å². The number of benzene rings is 2. The highest BCUT2D eigenvalue weighted by atomic mass is 16.1. The van der Waals surface area contributed by atoms with E-state index in [2.05, 4.69) is 49.3 Å². The van der Waals surface area contributed by atoms with E-state index >= 15 is 0 Å². The molecule has 1 heterocycles. The fourth-order valence-corrected chi connectivity index (χ4v) is 3.00. The standard InChI is InChI=1S/C22H25N3O/c1-4-21(20-8-5-16(2)17(3)13-20)24-22(26)19-9-6-18(7-10-19)14-25-12-11-23-15-25/h5-13,15,21H,4,14H2,1-3H3,(H,24,26)/t21-/m1/s1. The summed E-state index contributed by atoms with van der Waals surface area (Å²) in [6.07, 6.45) is 6.33. The molecule has 0 aliphatic heterocycles. The third-order valence-electron chi connectivity index (χ3n) is 4.79. The van der Waals surface area contributed by atoms with Crippen LogP contribution in [0, 0.1) is 13.8 Å². The molecule has 0 unspecified atom stereocenters. The summed E-state index contributed by atoms with van der Waals surface area (Å²) < 4.78 is 2.00. The molecule has 3 aromatic rings. The monoisotopic (exact) mass is 347 g/mol. The zero-order chi connectivity index (χ0) is 18.5. The number of rotatable bonds is 6. The quantitative estimate of drug-likeness (QED) is 0.717. The van der Waals surface area contributed by atoms with Gasteiger partial charge in [-0.2, -0.15) is 0 Å². The second-order valence-electron chi connectivity index (χ2n) is 6.71. The largest absolute Gasteiger partial charge is 0.345 e. The molecule has 3 rings (SSSR count). The Morgan fingerprint density at radius 2 is 1.88 bits per heavy atom. The van der Waals surface area contributed by atoms with Crippen LogP contribution in [0.1, 0.15) is 52.0 Å². The van der Waals surface area contributed by atoms with Gasteiger partial charge in [-0.15, -0.1) is 0 Å². The molecule has 4 nitrogen and oxygen atoms in total. The number of nitrogens with one attached hydrogen (secondary N) is 1. The van der Waals surface area contributed by atoms with Crippen LogP contribution in [-0.2, 0) is 6.54 Å². The Morgan fingerprint density at radius 3 is 2.50 bits per heavy atom. The molecule has 1 atom stereocenters. The topological polar surface area (TPSA) is 46.9 Å². The molecular formula is C22H25N3O. The summed E-state index contributed by atoms with van der Waals surface area (Å²) in [6.45, 7) is 7.05. The van der Waals surface area contributed by atoms with Crippen LogP contribution < -0.4 is 5.32 Å². The van der Waals surface area contributed by atoms with Crippen LogP contribution in [0.25, 0.3) is 0 Å². The minimum atomic E-state index is -0.0377. The lowest BCUT2D eigenvalue weighted by Gasteiger charge is -2.19. The lowest BCUT2D eigenvalue weighted by molar-refractivity contribution is 0.0935. The Bertz CT molecular complexity index is 867. The number of aryl methyl sites for hydroxylation is 2. The lowest BCUT2D eigenvalue weighted by Crippen LogP contribution is -2.28. The highest BCUT2D eigenvalue weighted by Crippen LogP contribution is 2.20. The second kappa shape index (κ2) is 8.00. The van der Waals surface area contributed by atoms with Crippen LogP contribution in [0.4, 0.5) is 0 Å². The van der Waals surface area contributed by atoms with E-state index < -0.39 is 0 Å². The van der Waals surface area contributed by atoms with Gasteiger partial charge in [-0.05, 0) is 54.7 Å². The van der Waals surface area contributed by atoms with Crippen molar-refractivity contribution in [1.82, 2.24) is 14.9 Å². The predicted octanol–water partition coefficient (Wildman–Crippen LogP) is 4.43. The number of nitrogens with zero attached hydrogens (tertiary/aromatic N) is 2. The minimum absolute atomic E-state index is 0.0208. The van der Waals surface area contributed by atoms with Crippen LogP contribution >= 0.6 is 0 Å². The van der Waals surface area contributed by atoms with Gasteiger partial charge in [0.15, 0.2) is 0 Å². The maximum atomic E-state index is 12.6. The molecule has 134 valence electrons.